The number of methoxy groups -OCH3 is 1. The lowest BCUT2D eigenvalue weighted by Crippen LogP contribution is -2.26. The molecule has 1 unspecified atom stereocenters. The number of nitrogens with one attached hydrogen (secondary N) is 1. The predicted molar refractivity (Wildman–Crippen MR) is 84.6 cm³/mol. The summed E-state index contributed by atoms with van der Waals surface area (Å²) in [6, 6.07) is 5.82. The molecule has 2 rings (SSSR count). The van der Waals surface area contributed by atoms with E-state index in [0.717, 1.165) is 43.8 Å². The van der Waals surface area contributed by atoms with Gasteiger partial charge in [-0.25, -0.2) is 0 Å². The second-order valence-electron chi connectivity index (χ2n) is 5.52. The number of carboxylic acids is 1. The van der Waals surface area contributed by atoms with Crippen LogP contribution in [-0.2, 0) is 16.1 Å². The smallest absolute Gasteiger partial charge is 0.323 e. The number of carbonyl (C=O) groups is 1. The van der Waals surface area contributed by atoms with Gasteiger partial charge in [-0.05, 0) is 30.5 Å². The molecule has 22 heavy (non-hydrogen) atoms. The molecular formula is C16H24N2O4. The molecule has 1 aromatic carbocycles. The second-order valence-corrected chi connectivity index (χ2v) is 5.52. The SMILES string of the molecule is COc1cc(CNCC2CCCO2)ccc1N(C)CC(=O)O. The summed E-state index contributed by atoms with van der Waals surface area (Å²) in [7, 11) is 3.33. The van der Waals surface area contributed by atoms with Gasteiger partial charge in [0.05, 0.1) is 18.9 Å². The summed E-state index contributed by atoms with van der Waals surface area (Å²) in [5.41, 5.74) is 1.87. The van der Waals surface area contributed by atoms with Gasteiger partial charge in [0.1, 0.15) is 12.3 Å². The zero-order valence-electron chi connectivity index (χ0n) is 13.2. The van der Waals surface area contributed by atoms with Crippen LogP contribution < -0.4 is 15.0 Å². The first-order valence-electron chi connectivity index (χ1n) is 7.52. The molecule has 1 aromatic rings. The zero-order valence-corrected chi connectivity index (χ0v) is 13.2. The summed E-state index contributed by atoms with van der Waals surface area (Å²) in [5.74, 6) is -0.188. The fourth-order valence-corrected chi connectivity index (χ4v) is 2.62. The first-order valence-corrected chi connectivity index (χ1v) is 7.52. The first kappa shape index (κ1) is 16.6. The standard InChI is InChI=1S/C16H24N2O4/c1-18(11-16(19)20)14-6-5-12(8-15(14)21-2)9-17-10-13-4-3-7-22-13/h5-6,8,13,17H,3-4,7,9-11H2,1-2H3,(H,19,20). The van der Waals surface area contributed by atoms with Crippen LogP contribution >= 0.6 is 0 Å². The van der Waals surface area contributed by atoms with E-state index in [1.807, 2.05) is 18.2 Å². The van der Waals surface area contributed by atoms with Crippen LogP contribution in [0.15, 0.2) is 18.2 Å². The lowest BCUT2D eigenvalue weighted by Gasteiger charge is -2.20. The Kier molecular flexibility index (Phi) is 6.03. The molecule has 0 aliphatic carbocycles. The van der Waals surface area contributed by atoms with Crippen molar-refractivity contribution in [2.45, 2.75) is 25.5 Å². The highest BCUT2D eigenvalue weighted by atomic mass is 16.5. The van der Waals surface area contributed by atoms with E-state index in [4.69, 9.17) is 14.6 Å². The van der Waals surface area contributed by atoms with E-state index in [0.29, 0.717) is 11.9 Å². The zero-order chi connectivity index (χ0) is 15.9. The van der Waals surface area contributed by atoms with E-state index in [1.54, 1.807) is 19.1 Å². The lowest BCUT2D eigenvalue weighted by atomic mass is 10.1. The van der Waals surface area contributed by atoms with Gasteiger partial charge in [-0.3, -0.25) is 4.79 Å². The maximum absolute atomic E-state index is 10.8. The van der Waals surface area contributed by atoms with Crippen molar-refractivity contribution in [3.05, 3.63) is 23.8 Å². The fraction of sp³-hybridized carbons (Fsp3) is 0.562. The van der Waals surface area contributed by atoms with E-state index < -0.39 is 5.97 Å². The number of aliphatic carboxylic acids is 1. The normalized spacial score (nSPS) is 17.5. The minimum atomic E-state index is -0.869. The van der Waals surface area contributed by atoms with Crippen LogP contribution in [0.5, 0.6) is 5.75 Å². The topological polar surface area (TPSA) is 71.0 Å². The monoisotopic (exact) mass is 308 g/mol. The number of anilines is 1. The van der Waals surface area contributed by atoms with Gasteiger partial charge in [-0.15, -0.1) is 0 Å². The van der Waals surface area contributed by atoms with Crippen molar-refractivity contribution in [2.75, 3.05) is 38.8 Å². The molecule has 1 heterocycles. The van der Waals surface area contributed by atoms with Gasteiger partial charge in [0.25, 0.3) is 0 Å². The third-order valence-electron chi connectivity index (χ3n) is 3.75. The highest BCUT2D eigenvalue weighted by Gasteiger charge is 2.15. The van der Waals surface area contributed by atoms with Crippen molar-refractivity contribution >= 4 is 11.7 Å². The average Bonchev–Trinajstić information content (AvgIpc) is 2.99. The number of carboxylic acid groups (broad SMARTS) is 1. The van der Waals surface area contributed by atoms with Gasteiger partial charge in [0.2, 0.25) is 0 Å². The summed E-state index contributed by atoms with van der Waals surface area (Å²) in [5, 5.41) is 12.3. The van der Waals surface area contributed by atoms with Crippen LogP contribution in [0.2, 0.25) is 0 Å². The van der Waals surface area contributed by atoms with Gasteiger partial charge in [0.15, 0.2) is 0 Å². The van der Waals surface area contributed by atoms with Crippen LogP contribution in [0.4, 0.5) is 5.69 Å². The molecule has 0 radical (unpaired) electrons. The van der Waals surface area contributed by atoms with Crippen LogP contribution in [0.3, 0.4) is 0 Å². The van der Waals surface area contributed by atoms with E-state index in [9.17, 15) is 4.79 Å². The highest BCUT2D eigenvalue weighted by molar-refractivity contribution is 5.75. The number of rotatable bonds is 8. The Labute approximate surface area is 131 Å². The van der Waals surface area contributed by atoms with E-state index in [2.05, 4.69) is 5.32 Å². The molecule has 1 aliphatic heterocycles. The molecule has 1 atom stereocenters. The Morgan fingerprint density at radius 3 is 3.00 bits per heavy atom. The molecule has 122 valence electrons. The summed E-state index contributed by atoms with van der Waals surface area (Å²) in [6.07, 6.45) is 2.59. The summed E-state index contributed by atoms with van der Waals surface area (Å²) >= 11 is 0. The average molecular weight is 308 g/mol. The van der Waals surface area contributed by atoms with Crippen LogP contribution in [0.1, 0.15) is 18.4 Å². The summed E-state index contributed by atoms with van der Waals surface area (Å²) < 4.78 is 11.0. The van der Waals surface area contributed by atoms with Crippen LogP contribution in [-0.4, -0.2) is 51.0 Å². The van der Waals surface area contributed by atoms with Crippen molar-refractivity contribution in [3.63, 3.8) is 0 Å². The quantitative estimate of drug-likeness (QED) is 0.758. The molecule has 0 amide bonds. The molecule has 1 fully saturated rings. The maximum atomic E-state index is 10.8. The molecular weight excluding hydrogens is 284 g/mol. The van der Waals surface area contributed by atoms with Crippen molar-refractivity contribution in [3.8, 4) is 5.75 Å². The Balaban J connectivity index is 1.93. The molecule has 1 saturated heterocycles. The molecule has 2 N–H and O–H groups in total. The van der Waals surface area contributed by atoms with Crippen molar-refractivity contribution < 1.29 is 19.4 Å². The van der Waals surface area contributed by atoms with Gasteiger partial charge in [-0.1, -0.05) is 6.07 Å². The van der Waals surface area contributed by atoms with Crippen molar-refractivity contribution in [1.82, 2.24) is 5.32 Å². The maximum Gasteiger partial charge on any atom is 0.323 e. The predicted octanol–water partition coefficient (Wildman–Crippen LogP) is 1.48. The minimum absolute atomic E-state index is 0.0625. The Bertz CT molecular complexity index is 501. The number of ether oxygens (including phenoxy) is 2. The third kappa shape index (κ3) is 4.61. The number of nitrogens with zero attached hydrogens (tertiary/aromatic N) is 1. The lowest BCUT2D eigenvalue weighted by molar-refractivity contribution is -0.135. The Morgan fingerprint density at radius 2 is 2.36 bits per heavy atom. The molecule has 0 bridgehead atoms. The van der Waals surface area contributed by atoms with Crippen molar-refractivity contribution in [1.29, 1.82) is 0 Å². The van der Waals surface area contributed by atoms with Crippen LogP contribution in [0, 0.1) is 0 Å². The van der Waals surface area contributed by atoms with Gasteiger partial charge < -0.3 is 24.8 Å². The minimum Gasteiger partial charge on any atom is -0.495 e. The Hall–Kier alpha value is -1.79. The number of benzene rings is 1. The van der Waals surface area contributed by atoms with Crippen LogP contribution in [0.25, 0.3) is 0 Å². The van der Waals surface area contributed by atoms with Gasteiger partial charge in [0, 0.05) is 26.7 Å². The molecule has 1 aliphatic rings. The second kappa shape index (κ2) is 8.00. The summed E-state index contributed by atoms with van der Waals surface area (Å²) in [6.45, 7) is 2.39. The number of likely N-dealkylation sites (N-methyl/N-ethyl adjacent to an activating group) is 1. The van der Waals surface area contributed by atoms with E-state index in [-0.39, 0.29) is 6.54 Å². The molecule has 0 aromatic heterocycles. The molecule has 0 spiro atoms. The molecule has 6 nitrogen and oxygen atoms in total. The van der Waals surface area contributed by atoms with Gasteiger partial charge >= 0.3 is 5.97 Å². The first-order chi connectivity index (χ1) is 10.6. The number of hydrogen-bond acceptors (Lipinski definition) is 5. The van der Waals surface area contributed by atoms with E-state index >= 15 is 0 Å². The molecule has 0 saturated carbocycles. The fourth-order valence-electron chi connectivity index (χ4n) is 2.62. The number of hydrogen-bond donors (Lipinski definition) is 2. The molecule has 6 heteroatoms. The Morgan fingerprint density at radius 1 is 1.55 bits per heavy atom. The van der Waals surface area contributed by atoms with Gasteiger partial charge in [-0.2, -0.15) is 0 Å². The van der Waals surface area contributed by atoms with Crippen molar-refractivity contribution in [2.24, 2.45) is 0 Å². The highest BCUT2D eigenvalue weighted by Crippen LogP contribution is 2.28. The summed E-state index contributed by atoms with van der Waals surface area (Å²) in [4.78, 5) is 12.5. The van der Waals surface area contributed by atoms with E-state index in [1.165, 1.54) is 0 Å². The third-order valence-corrected chi connectivity index (χ3v) is 3.75. The largest absolute Gasteiger partial charge is 0.495 e.